The predicted octanol–water partition coefficient (Wildman–Crippen LogP) is 1.39. The highest BCUT2D eigenvalue weighted by Gasteiger charge is 2.07. The summed E-state index contributed by atoms with van der Waals surface area (Å²) < 4.78 is 0. The molecule has 0 aromatic carbocycles. The maximum atomic E-state index is 12.1. The van der Waals surface area contributed by atoms with Gasteiger partial charge in [0, 0.05) is 5.57 Å². The summed E-state index contributed by atoms with van der Waals surface area (Å²) in [5.74, 6) is 0.299. The molecule has 0 aliphatic rings. The van der Waals surface area contributed by atoms with Crippen LogP contribution >= 0.6 is 0 Å². The lowest BCUT2D eigenvalue weighted by Crippen LogP contribution is -2.52. The summed E-state index contributed by atoms with van der Waals surface area (Å²) in [4.78, 5) is 12.1. The third-order valence-electron chi connectivity index (χ3n) is 3.95. The summed E-state index contributed by atoms with van der Waals surface area (Å²) in [6, 6.07) is 0. The summed E-state index contributed by atoms with van der Waals surface area (Å²) in [5, 5.41) is 8.74. The number of carbonyl (C=O) groups is 1. The topological polar surface area (TPSA) is 131 Å². The molecule has 0 aromatic rings. The van der Waals surface area contributed by atoms with Gasteiger partial charge in [-0.2, -0.15) is 0 Å². The first kappa shape index (κ1) is 25.5. The van der Waals surface area contributed by atoms with Crippen molar-refractivity contribution in [2.75, 3.05) is 13.1 Å². The van der Waals surface area contributed by atoms with Gasteiger partial charge in [-0.3, -0.25) is 21.2 Å². The lowest BCUT2D eigenvalue weighted by atomic mass is 10.0. The Hall–Kier alpha value is -1.51. The SMILES string of the molecule is CC(C)=CCC[C@H](C)/C=C/C=C(\C)C(=O)NC(N)NCCCCNC(N)N. The number of allylic oxidation sites excluding steroid dienone is 5. The van der Waals surface area contributed by atoms with E-state index in [-0.39, 0.29) is 5.91 Å². The molecule has 0 heterocycles. The molecule has 0 saturated heterocycles. The first-order chi connectivity index (χ1) is 12.7. The minimum Gasteiger partial charge on any atom is -0.324 e. The Balaban J connectivity index is 4.05. The second-order valence-electron chi connectivity index (χ2n) is 7.16. The van der Waals surface area contributed by atoms with E-state index in [1.54, 1.807) is 6.92 Å². The third-order valence-corrected chi connectivity index (χ3v) is 3.95. The van der Waals surface area contributed by atoms with Gasteiger partial charge in [0.05, 0.1) is 0 Å². The maximum Gasteiger partial charge on any atom is 0.249 e. The van der Waals surface area contributed by atoms with Gasteiger partial charge in [-0.15, -0.1) is 0 Å². The first-order valence-electron chi connectivity index (χ1n) is 9.75. The zero-order valence-electron chi connectivity index (χ0n) is 17.4. The van der Waals surface area contributed by atoms with E-state index >= 15 is 0 Å². The Morgan fingerprint density at radius 2 is 1.67 bits per heavy atom. The minimum atomic E-state index is -0.572. The number of hydrogen-bond acceptors (Lipinski definition) is 6. The van der Waals surface area contributed by atoms with Crippen LogP contribution in [-0.2, 0) is 4.79 Å². The monoisotopic (exact) mass is 380 g/mol. The summed E-state index contributed by atoms with van der Waals surface area (Å²) in [5.41, 5.74) is 18.6. The molecule has 0 rings (SSSR count). The normalized spacial score (nSPS) is 14.4. The van der Waals surface area contributed by atoms with Crippen LogP contribution in [0.5, 0.6) is 0 Å². The highest BCUT2D eigenvalue weighted by atomic mass is 16.2. The van der Waals surface area contributed by atoms with Gasteiger partial charge < -0.3 is 16.8 Å². The average molecular weight is 381 g/mol. The van der Waals surface area contributed by atoms with Crippen molar-refractivity contribution in [3.8, 4) is 0 Å². The molecule has 0 radical (unpaired) electrons. The van der Waals surface area contributed by atoms with Crippen molar-refractivity contribution in [2.24, 2.45) is 23.1 Å². The lowest BCUT2D eigenvalue weighted by molar-refractivity contribution is -0.118. The van der Waals surface area contributed by atoms with Gasteiger partial charge in [-0.05, 0) is 65.5 Å². The Bertz CT molecular complexity index is 495. The second kappa shape index (κ2) is 15.5. The van der Waals surface area contributed by atoms with E-state index in [2.05, 4.69) is 48.9 Å². The minimum absolute atomic E-state index is 0.174. The molecule has 1 amide bonds. The molecular weight excluding hydrogens is 340 g/mol. The first-order valence-corrected chi connectivity index (χ1v) is 9.75. The van der Waals surface area contributed by atoms with Crippen molar-refractivity contribution in [1.82, 2.24) is 16.0 Å². The van der Waals surface area contributed by atoms with Crippen LogP contribution in [0.25, 0.3) is 0 Å². The molecule has 0 aliphatic carbocycles. The van der Waals surface area contributed by atoms with E-state index in [1.165, 1.54) is 5.57 Å². The van der Waals surface area contributed by atoms with Gasteiger partial charge >= 0.3 is 0 Å². The molecule has 2 atom stereocenters. The van der Waals surface area contributed by atoms with Crippen molar-refractivity contribution in [1.29, 1.82) is 0 Å². The smallest absolute Gasteiger partial charge is 0.249 e. The summed E-state index contributed by atoms with van der Waals surface area (Å²) in [6.45, 7) is 9.63. The summed E-state index contributed by atoms with van der Waals surface area (Å²) in [6.07, 6.45) is 11.1. The van der Waals surface area contributed by atoms with Crippen LogP contribution in [0.15, 0.2) is 35.5 Å². The van der Waals surface area contributed by atoms with Crippen molar-refractivity contribution in [3.05, 3.63) is 35.5 Å². The Labute approximate surface area is 164 Å². The number of amides is 1. The van der Waals surface area contributed by atoms with E-state index in [9.17, 15) is 4.79 Å². The van der Waals surface area contributed by atoms with Crippen LogP contribution in [0.2, 0.25) is 0 Å². The number of rotatable bonds is 14. The number of nitrogens with two attached hydrogens (primary N) is 3. The largest absolute Gasteiger partial charge is 0.324 e. The summed E-state index contributed by atoms with van der Waals surface area (Å²) >= 11 is 0. The van der Waals surface area contributed by atoms with Crippen LogP contribution in [0, 0.1) is 5.92 Å². The van der Waals surface area contributed by atoms with Gasteiger partial charge in [0.1, 0.15) is 12.6 Å². The van der Waals surface area contributed by atoms with E-state index in [0.717, 1.165) is 32.2 Å². The van der Waals surface area contributed by atoms with Crippen LogP contribution in [0.3, 0.4) is 0 Å². The third kappa shape index (κ3) is 16.4. The molecule has 7 nitrogen and oxygen atoms in total. The van der Waals surface area contributed by atoms with Gasteiger partial charge in [-0.1, -0.05) is 36.8 Å². The zero-order valence-corrected chi connectivity index (χ0v) is 17.4. The molecule has 9 N–H and O–H groups in total. The molecule has 0 saturated carbocycles. The van der Waals surface area contributed by atoms with Gasteiger partial charge in [0.25, 0.3) is 0 Å². The molecular formula is C20H40N6O. The van der Waals surface area contributed by atoms with Crippen LogP contribution in [0.4, 0.5) is 0 Å². The Kier molecular flexibility index (Phi) is 14.7. The number of unbranched alkanes of at least 4 members (excludes halogenated alkanes) is 1. The maximum absolute atomic E-state index is 12.1. The Morgan fingerprint density at radius 1 is 1.04 bits per heavy atom. The van der Waals surface area contributed by atoms with Crippen molar-refractivity contribution < 1.29 is 4.79 Å². The fourth-order valence-electron chi connectivity index (χ4n) is 2.28. The van der Waals surface area contributed by atoms with Crippen molar-refractivity contribution in [2.45, 2.75) is 66.0 Å². The van der Waals surface area contributed by atoms with Gasteiger partial charge in [0.15, 0.2) is 0 Å². The van der Waals surface area contributed by atoms with E-state index < -0.39 is 12.6 Å². The quantitative estimate of drug-likeness (QED) is 0.0887. The highest BCUT2D eigenvalue weighted by molar-refractivity contribution is 5.93. The van der Waals surface area contributed by atoms with Crippen LogP contribution in [0.1, 0.15) is 53.4 Å². The standard InChI is InChI=1S/C20H40N6O/c1-15(2)9-7-10-16(3)11-8-12-17(4)18(27)26-20(23)25-14-6-5-13-24-19(21)22/h8-9,11-12,16,19-20,24-25H,5-7,10,13-14,21-23H2,1-4H3,(H,26,27)/b11-8+,17-12+/t16-,20?/m0/s1. The lowest BCUT2D eigenvalue weighted by Gasteiger charge is -2.16. The predicted molar refractivity (Wildman–Crippen MR) is 114 cm³/mol. The molecule has 0 aromatic heterocycles. The van der Waals surface area contributed by atoms with E-state index in [1.807, 2.05) is 12.2 Å². The van der Waals surface area contributed by atoms with Crippen LogP contribution in [-0.4, -0.2) is 31.6 Å². The molecule has 0 fully saturated rings. The second-order valence-corrected chi connectivity index (χ2v) is 7.16. The van der Waals surface area contributed by atoms with Gasteiger partial charge in [0.2, 0.25) is 5.91 Å². The molecule has 0 spiro atoms. The fraction of sp³-hybridized carbons (Fsp3) is 0.650. The molecule has 1 unspecified atom stereocenters. The van der Waals surface area contributed by atoms with Gasteiger partial charge in [-0.25, -0.2) is 0 Å². The molecule has 27 heavy (non-hydrogen) atoms. The molecule has 0 aliphatic heterocycles. The average Bonchev–Trinajstić information content (AvgIpc) is 2.57. The Morgan fingerprint density at radius 3 is 2.26 bits per heavy atom. The van der Waals surface area contributed by atoms with E-state index in [0.29, 0.717) is 18.0 Å². The number of carbonyl (C=O) groups excluding carboxylic acids is 1. The number of hydrogen-bond donors (Lipinski definition) is 6. The fourth-order valence-corrected chi connectivity index (χ4v) is 2.28. The molecule has 156 valence electrons. The number of nitrogens with one attached hydrogen (secondary N) is 3. The zero-order chi connectivity index (χ0) is 20.7. The van der Waals surface area contributed by atoms with Crippen LogP contribution < -0.4 is 33.2 Å². The molecule has 7 heteroatoms. The summed E-state index contributed by atoms with van der Waals surface area (Å²) in [7, 11) is 0. The molecule has 0 bridgehead atoms. The van der Waals surface area contributed by atoms with Crippen molar-refractivity contribution in [3.63, 3.8) is 0 Å². The van der Waals surface area contributed by atoms with Crippen molar-refractivity contribution >= 4 is 5.91 Å². The highest BCUT2D eigenvalue weighted by Crippen LogP contribution is 2.09. The van der Waals surface area contributed by atoms with E-state index in [4.69, 9.17) is 17.2 Å².